The molecule has 0 bridgehead atoms. The highest BCUT2D eigenvalue weighted by molar-refractivity contribution is 6.66. The molecule has 1 aliphatic rings. The summed E-state index contributed by atoms with van der Waals surface area (Å²) in [7, 11) is 0. The first-order chi connectivity index (χ1) is 16.3. The summed E-state index contributed by atoms with van der Waals surface area (Å²) in [5.41, 5.74) is -0.624. The molecule has 0 unspecified atom stereocenters. The molecule has 0 aromatic heterocycles. The lowest BCUT2D eigenvalue weighted by molar-refractivity contribution is -0.158. The molecule has 0 spiro atoms. The number of hydrogen-bond donors (Lipinski definition) is 1. The minimum absolute atomic E-state index is 0.0773. The van der Waals surface area contributed by atoms with E-state index >= 15 is 0 Å². The lowest BCUT2D eigenvalue weighted by atomic mass is 10.1. The third kappa shape index (κ3) is 7.16. The van der Waals surface area contributed by atoms with Crippen molar-refractivity contribution in [1.29, 1.82) is 0 Å². The smallest absolute Gasteiger partial charge is 0.349 e. The van der Waals surface area contributed by atoms with Gasteiger partial charge in [0.05, 0.1) is 0 Å². The van der Waals surface area contributed by atoms with Gasteiger partial charge in [-0.2, -0.15) is 9.98 Å². The summed E-state index contributed by atoms with van der Waals surface area (Å²) >= 11 is 6.34. The fraction of sp³-hybridized carbons (Fsp3) is 0.308. The molecule has 0 amide bonds. The lowest BCUT2D eigenvalue weighted by Gasteiger charge is -2.27. The predicted octanol–water partition coefficient (Wildman–Crippen LogP) is 5.27. The van der Waals surface area contributed by atoms with Crippen molar-refractivity contribution in [3.63, 3.8) is 0 Å². The average Bonchev–Trinajstić information content (AvgIpc) is 2.73. The second-order valence-electron chi connectivity index (χ2n) is 9.67. The van der Waals surface area contributed by atoms with Gasteiger partial charge in [-0.15, -0.1) is 0 Å². The number of nitrogens with zero attached hydrogens (tertiary/aromatic N) is 3. The molecule has 1 heterocycles. The number of benzene rings is 2. The van der Waals surface area contributed by atoms with Gasteiger partial charge in [-0.1, -0.05) is 36.4 Å². The van der Waals surface area contributed by atoms with E-state index in [0.717, 1.165) is 11.4 Å². The zero-order valence-corrected chi connectivity index (χ0v) is 21.4. The number of hydrogen-bond acceptors (Lipinski definition) is 8. The molecule has 9 heteroatoms. The SMILES string of the molecule is CC(C)(C)OC(=O)C(C(=O)OC(C)(C)C)=C1N=C(N(c2ccccc2)c2ccccc2)N=C(Cl)N1. The summed E-state index contributed by atoms with van der Waals surface area (Å²) in [6, 6.07) is 18.8. The van der Waals surface area contributed by atoms with Crippen LogP contribution in [0.4, 0.5) is 11.4 Å². The van der Waals surface area contributed by atoms with E-state index in [4.69, 9.17) is 21.1 Å². The maximum atomic E-state index is 13.1. The highest BCUT2D eigenvalue weighted by Gasteiger charge is 2.34. The Labute approximate surface area is 210 Å². The molecule has 2 aromatic carbocycles. The van der Waals surface area contributed by atoms with Crippen molar-refractivity contribution in [2.45, 2.75) is 52.7 Å². The zero-order chi connectivity index (χ0) is 25.8. The van der Waals surface area contributed by atoms with Crippen molar-refractivity contribution in [3.05, 3.63) is 72.1 Å². The van der Waals surface area contributed by atoms with E-state index in [1.54, 1.807) is 46.4 Å². The molecular formula is C26H29ClN4O4. The Balaban J connectivity index is 2.20. The van der Waals surface area contributed by atoms with Crippen molar-refractivity contribution in [2.24, 2.45) is 9.98 Å². The van der Waals surface area contributed by atoms with Crippen molar-refractivity contribution < 1.29 is 19.1 Å². The van der Waals surface area contributed by atoms with Gasteiger partial charge in [0.25, 0.3) is 0 Å². The largest absolute Gasteiger partial charge is 0.456 e. The lowest BCUT2D eigenvalue weighted by Crippen LogP contribution is -2.37. The van der Waals surface area contributed by atoms with Crippen LogP contribution < -0.4 is 10.2 Å². The minimum atomic E-state index is -0.894. The maximum absolute atomic E-state index is 13.1. The summed E-state index contributed by atoms with van der Waals surface area (Å²) in [4.78, 5) is 36.9. The topological polar surface area (TPSA) is 92.6 Å². The molecule has 0 radical (unpaired) electrons. The van der Waals surface area contributed by atoms with Crippen molar-refractivity contribution in [3.8, 4) is 0 Å². The van der Waals surface area contributed by atoms with E-state index < -0.39 is 28.7 Å². The Bertz CT molecular complexity index is 1110. The van der Waals surface area contributed by atoms with Crippen LogP contribution in [-0.4, -0.2) is 34.4 Å². The number of carbonyl (C=O) groups excluding carboxylic acids is 2. The number of halogens is 1. The van der Waals surface area contributed by atoms with Crippen LogP contribution in [-0.2, 0) is 19.1 Å². The van der Waals surface area contributed by atoms with Crippen LogP contribution >= 0.6 is 11.6 Å². The molecule has 0 saturated carbocycles. The number of anilines is 2. The Morgan fingerprint density at radius 2 is 1.20 bits per heavy atom. The van der Waals surface area contributed by atoms with E-state index in [1.165, 1.54) is 0 Å². The van der Waals surface area contributed by atoms with Gasteiger partial charge >= 0.3 is 11.9 Å². The number of carbonyl (C=O) groups is 2. The minimum Gasteiger partial charge on any atom is -0.456 e. The maximum Gasteiger partial charge on any atom is 0.349 e. The predicted molar refractivity (Wildman–Crippen MR) is 138 cm³/mol. The van der Waals surface area contributed by atoms with Gasteiger partial charge in [-0.25, -0.2) is 9.59 Å². The van der Waals surface area contributed by atoms with E-state index in [2.05, 4.69) is 15.3 Å². The van der Waals surface area contributed by atoms with E-state index in [1.807, 2.05) is 60.7 Å². The number of esters is 2. The number of amidine groups is 1. The van der Waals surface area contributed by atoms with E-state index in [-0.39, 0.29) is 17.1 Å². The number of ether oxygens (including phenoxy) is 2. The quantitative estimate of drug-likeness (QED) is 0.204. The number of aliphatic imine (C=N–C) groups is 2. The molecule has 0 atom stereocenters. The normalized spacial score (nSPS) is 13.7. The average molecular weight is 497 g/mol. The molecule has 8 nitrogen and oxygen atoms in total. The van der Waals surface area contributed by atoms with Crippen LogP contribution in [0.15, 0.2) is 82.0 Å². The number of guanidine groups is 1. The van der Waals surface area contributed by atoms with Gasteiger partial charge < -0.3 is 14.8 Å². The van der Waals surface area contributed by atoms with Gasteiger partial charge in [0.1, 0.15) is 11.2 Å². The third-order valence-corrected chi connectivity index (χ3v) is 4.48. The molecular weight excluding hydrogens is 468 g/mol. The Morgan fingerprint density at radius 1 is 0.771 bits per heavy atom. The monoisotopic (exact) mass is 496 g/mol. The Kier molecular flexibility index (Phi) is 7.65. The van der Waals surface area contributed by atoms with E-state index in [0.29, 0.717) is 0 Å². The van der Waals surface area contributed by atoms with Crippen LogP contribution in [0.2, 0.25) is 0 Å². The van der Waals surface area contributed by atoms with E-state index in [9.17, 15) is 9.59 Å². The van der Waals surface area contributed by atoms with Crippen molar-refractivity contribution >= 4 is 46.2 Å². The van der Waals surface area contributed by atoms with Crippen LogP contribution in [0.3, 0.4) is 0 Å². The summed E-state index contributed by atoms with van der Waals surface area (Å²) < 4.78 is 11.0. The summed E-state index contributed by atoms with van der Waals surface area (Å²) in [5, 5.41) is 2.64. The molecule has 0 aliphatic carbocycles. The van der Waals surface area contributed by atoms with Crippen LogP contribution in [0.1, 0.15) is 41.5 Å². The standard InChI is InChI=1S/C26H29ClN4O4/c1-25(2,3)34-21(32)19(22(33)35-26(4,5)6)20-28-23(27)30-24(29-20)31(17-13-9-7-10-14-17)18-15-11-8-12-16-18/h7-16H,1-6H3,(H,28,29,30). The zero-order valence-electron chi connectivity index (χ0n) is 20.6. The van der Waals surface area contributed by atoms with Crippen LogP contribution in [0.25, 0.3) is 0 Å². The first-order valence-electron chi connectivity index (χ1n) is 11.1. The highest BCUT2D eigenvalue weighted by Crippen LogP contribution is 2.28. The molecule has 0 fully saturated rings. The molecule has 2 aromatic rings. The summed E-state index contributed by atoms with van der Waals surface area (Å²) in [5.74, 6) is -1.77. The van der Waals surface area contributed by atoms with Gasteiger partial charge in [-0.3, -0.25) is 4.90 Å². The van der Waals surface area contributed by atoms with Gasteiger partial charge in [0, 0.05) is 11.4 Å². The number of nitrogens with one attached hydrogen (secondary N) is 1. The van der Waals surface area contributed by atoms with Crippen molar-refractivity contribution in [1.82, 2.24) is 5.32 Å². The molecule has 1 aliphatic heterocycles. The van der Waals surface area contributed by atoms with Gasteiger partial charge in [0.15, 0.2) is 11.4 Å². The highest BCUT2D eigenvalue weighted by atomic mass is 35.5. The second-order valence-corrected chi connectivity index (χ2v) is 10.0. The molecule has 1 N–H and O–H groups in total. The van der Waals surface area contributed by atoms with Gasteiger partial charge in [0.2, 0.25) is 11.3 Å². The fourth-order valence-electron chi connectivity index (χ4n) is 3.05. The second kappa shape index (κ2) is 10.3. The third-order valence-electron chi connectivity index (χ3n) is 4.30. The number of rotatable bonds is 4. The number of para-hydroxylation sites is 2. The van der Waals surface area contributed by atoms with Crippen LogP contribution in [0, 0.1) is 0 Å². The molecule has 35 heavy (non-hydrogen) atoms. The molecule has 3 rings (SSSR count). The first-order valence-corrected chi connectivity index (χ1v) is 11.4. The summed E-state index contributed by atoms with van der Waals surface area (Å²) in [6.45, 7) is 10.2. The molecule has 0 saturated heterocycles. The Morgan fingerprint density at radius 3 is 1.60 bits per heavy atom. The van der Waals surface area contributed by atoms with Crippen LogP contribution in [0.5, 0.6) is 0 Å². The Hall–Kier alpha value is -3.65. The van der Waals surface area contributed by atoms with Gasteiger partial charge in [-0.05, 0) is 77.4 Å². The molecule has 184 valence electrons. The fourth-order valence-corrected chi connectivity index (χ4v) is 3.22. The van der Waals surface area contributed by atoms with Crippen molar-refractivity contribution in [2.75, 3.05) is 4.90 Å². The first kappa shape index (κ1) is 26.0. The summed E-state index contributed by atoms with van der Waals surface area (Å²) in [6.07, 6.45) is 0.